The van der Waals surface area contributed by atoms with Crippen molar-refractivity contribution in [3.63, 3.8) is 0 Å². The largest absolute Gasteiger partial charge is 0.310 e. The zero-order valence-electron chi connectivity index (χ0n) is 9.99. The molecule has 1 aliphatic rings. The molecular formula is C13H16ClF2N. The predicted octanol–water partition coefficient (Wildman–Crippen LogP) is 4.17. The van der Waals surface area contributed by atoms with Crippen LogP contribution in [-0.4, -0.2) is 6.54 Å². The zero-order valence-corrected chi connectivity index (χ0v) is 10.7. The highest BCUT2D eigenvalue weighted by Crippen LogP contribution is 2.42. The summed E-state index contributed by atoms with van der Waals surface area (Å²) in [6.45, 7) is 4.69. The maximum absolute atomic E-state index is 13.9. The minimum absolute atomic E-state index is 0.126. The van der Waals surface area contributed by atoms with E-state index in [2.05, 4.69) is 5.32 Å². The van der Waals surface area contributed by atoms with E-state index in [1.807, 2.05) is 13.8 Å². The van der Waals surface area contributed by atoms with Gasteiger partial charge in [0, 0.05) is 16.6 Å². The lowest BCUT2D eigenvalue weighted by molar-refractivity contribution is 0.404. The Morgan fingerprint density at radius 3 is 2.71 bits per heavy atom. The summed E-state index contributed by atoms with van der Waals surface area (Å²) in [6.07, 6.45) is 1.76. The topological polar surface area (TPSA) is 12.0 Å². The van der Waals surface area contributed by atoms with E-state index in [-0.39, 0.29) is 12.0 Å². The van der Waals surface area contributed by atoms with E-state index in [0.717, 1.165) is 31.0 Å². The number of nitrogens with one attached hydrogen (secondary N) is 1. The first-order chi connectivity index (χ1) is 8.06. The molecule has 0 fully saturated rings. The molecule has 0 aromatic heterocycles. The second-order valence-corrected chi connectivity index (χ2v) is 4.98. The van der Waals surface area contributed by atoms with Gasteiger partial charge in [0.15, 0.2) is 11.6 Å². The van der Waals surface area contributed by atoms with Crippen LogP contribution in [0.4, 0.5) is 8.78 Å². The molecule has 2 atom stereocenters. The summed E-state index contributed by atoms with van der Waals surface area (Å²) in [7, 11) is 0. The normalized spacial score (nSPS) is 23.6. The summed E-state index contributed by atoms with van der Waals surface area (Å²) in [5.41, 5.74) is 1.19. The third kappa shape index (κ3) is 2.18. The molecule has 1 nitrogen and oxygen atoms in total. The molecule has 94 valence electrons. The van der Waals surface area contributed by atoms with Crippen LogP contribution in [0.5, 0.6) is 0 Å². The molecule has 0 bridgehead atoms. The Balaban J connectivity index is 2.59. The fourth-order valence-electron chi connectivity index (χ4n) is 2.63. The first-order valence-electron chi connectivity index (χ1n) is 5.96. The summed E-state index contributed by atoms with van der Waals surface area (Å²) in [6, 6.07) is 0.958. The summed E-state index contributed by atoms with van der Waals surface area (Å²) in [4.78, 5) is 0. The molecule has 0 heterocycles. The molecule has 4 heteroatoms. The van der Waals surface area contributed by atoms with E-state index < -0.39 is 11.6 Å². The standard InChI is InChI=1S/C13H16ClF2N/c1-3-17-10-5-4-7(2)11-8(14)6-9(15)13(16)12(10)11/h6-7,10,17H,3-5H2,1-2H3. The van der Waals surface area contributed by atoms with Gasteiger partial charge in [-0.15, -0.1) is 0 Å². The minimum atomic E-state index is -0.856. The molecular weight excluding hydrogens is 244 g/mol. The second-order valence-electron chi connectivity index (χ2n) is 4.57. The molecule has 0 aliphatic heterocycles. The number of benzene rings is 1. The van der Waals surface area contributed by atoms with Gasteiger partial charge in [-0.2, -0.15) is 0 Å². The molecule has 0 saturated heterocycles. The van der Waals surface area contributed by atoms with Crippen LogP contribution in [0, 0.1) is 11.6 Å². The molecule has 0 amide bonds. The van der Waals surface area contributed by atoms with Crippen LogP contribution in [-0.2, 0) is 0 Å². The Bertz CT molecular complexity index is 434. The first-order valence-corrected chi connectivity index (χ1v) is 6.34. The Kier molecular flexibility index (Phi) is 3.69. The lowest BCUT2D eigenvalue weighted by atomic mass is 9.80. The number of rotatable bonds is 2. The number of halogens is 3. The van der Waals surface area contributed by atoms with E-state index in [1.165, 1.54) is 0 Å². The molecule has 1 aromatic carbocycles. The maximum atomic E-state index is 13.9. The van der Waals surface area contributed by atoms with Gasteiger partial charge in [0.2, 0.25) is 0 Å². The lowest BCUT2D eigenvalue weighted by Gasteiger charge is -2.31. The molecule has 17 heavy (non-hydrogen) atoms. The molecule has 0 saturated carbocycles. The summed E-state index contributed by atoms with van der Waals surface area (Å²) in [5, 5.41) is 3.53. The van der Waals surface area contributed by atoms with Gasteiger partial charge in [-0.1, -0.05) is 25.4 Å². The van der Waals surface area contributed by atoms with Crippen LogP contribution in [0.1, 0.15) is 49.8 Å². The highest BCUT2D eigenvalue weighted by molar-refractivity contribution is 6.31. The van der Waals surface area contributed by atoms with E-state index in [9.17, 15) is 8.78 Å². The Morgan fingerprint density at radius 2 is 2.06 bits per heavy atom. The highest BCUT2D eigenvalue weighted by Gasteiger charge is 2.31. The van der Waals surface area contributed by atoms with Gasteiger partial charge in [-0.3, -0.25) is 0 Å². The summed E-state index contributed by atoms with van der Waals surface area (Å²) >= 11 is 6.05. The SMILES string of the molecule is CCNC1CCC(C)c2c(Cl)cc(F)c(F)c21. The van der Waals surface area contributed by atoms with Gasteiger partial charge in [0.25, 0.3) is 0 Å². The van der Waals surface area contributed by atoms with Crippen molar-refractivity contribution in [2.45, 2.75) is 38.6 Å². The van der Waals surface area contributed by atoms with E-state index in [4.69, 9.17) is 11.6 Å². The molecule has 0 radical (unpaired) electrons. The Morgan fingerprint density at radius 1 is 1.35 bits per heavy atom. The number of hydrogen-bond donors (Lipinski definition) is 1. The fourth-order valence-corrected chi connectivity index (χ4v) is 3.01. The molecule has 1 N–H and O–H groups in total. The van der Waals surface area contributed by atoms with Gasteiger partial charge in [-0.25, -0.2) is 8.78 Å². The third-order valence-corrected chi connectivity index (χ3v) is 3.74. The predicted molar refractivity (Wildman–Crippen MR) is 65.4 cm³/mol. The van der Waals surface area contributed by atoms with Gasteiger partial charge in [0.05, 0.1) is 0 Å². The number of hydrogen-bond acceptors (Lipinski definition) is 1. The van der Waals surface area contributed by atoms with Crippen molar-refractivity contribution < 1.29 is 8.78 Å². The van der Waals surface area contributed by atoms with Crippen molar-refractivity contribution in [2.24, 2.45) is 0 Å². The van der Waals surface area contributed by atoms with E-state index >= 15 is 0 Å². The smallest absolute Gasteiger partial charge is 0.163 e. The molecule has 2 unspecified atom stereocenters. The average molecular weight is 260 g/mol. The van der Waals surface area contributed by atoms with Crippen LogP contribution >= 0.6 is 11.6 Å². The van der Waals surface area contributed by atoms with Gasteiger partial charge >= 0.3 is 0 Å². The zero-order chi connectivity index (χ0) is 12.6. The van der Waals surface area contributed by atoms with Crippen molar-refractivity contribution in [3.8, 4) is 0 Å². The highest BCUT2D eigenvalue weighted by atomic mass is 35.5. The molecule has 1 aliphatic carbocycles. The third-order valence-electron chi connectivity index (χ3n) is 3.43. The fraction of sp³-hybridized carbons (Fsp3) is 0.538. The van der Waals surface area contributed by atoms with Crippen molar-refractivity contribution in [2.75, 3.05) is 6.54 Å². The molecule has 1 aromatic rings. The van der Waals surface area contributed by atoms with Crippen molar-refractivity contribution in [1.82, 2.24) is 5.32 Å². The maximum Gasteiger partial charge on any atom is 0.163 e. The van der Waals surface area contributed by atoms with Crippen LogP contribution in [0.3, 0.4) is 0 Å². The second kappa shape index (κ2) is 4.91. The minimum Gasteiger partial charge on any atom is -0.310 e. The summed E-state index contributed by atoms with van der Waals surface area (Å²) < 4.78 is 27.4. The monoisotopic (exact) mass is 259 g/mol. The molecule has 2 rings (SSSR count). The van der Waals surface area contributed by atoms with Crippen molar-refractivity contribution in [3.05, 3.63) is 33.9 Å². The van der Waals surface area contributed by atoms with Crippen LogP contribution in [0.2, 0.25) is 5.02 Å². The van der Waals surface area contributed by atoms with E-state index in [1.54, 1.807) is 0 Å². The first kappa shape index (κ1) is 12.8. The van der Waals surface area contributed by atoms with Crippen molar-refractivity contribution >= 4 is 11.6 Å². The van der Waals surface area contributed by atoms with E-state index in [0.29, 0.717) is 10.6 Å². The van der Waals surface area contributed by atoms with Crippen LogP contribution in [0.15, 0.2) is 6.07 Å². The van der Waals surface area contributed by atoms with Crippen LogP contribution in [0.25, 0.3) is 0 Å². The van der Waals surface area contributed by atoms with Gasteiger partial charge in [0.1, 0.15) is 0 Å². The Labute approximate surface area is 105 Å². The number of fused-ring (bicyclic) bond motifs is 1. The Hall–Kier alpha value is -0.670. The van der Waals surface area contributed by atoms with Gasteiger partial charge < -0.3 is 5.32 Å². The lowest BCUT2D eigenvalue weighted by Crippen LogP contribution is -2.28. The quantitative estimate of drug-likeness (QED) is 0.786. The average Bonchev–Trinajstić information content (AvgIpc) is 2.28. The summed E-state index contributed by atoms with van der Waals surface area (Å²) in [5.74, 6) is -1.42. The van der Waals surface area contributed by atoms with Crippen molar-refractivity contribution in [1.29, 1.82) is 0 Å². The van der Waals surface area contributed by atoms with Crippen LogP contribution < -0.4 is 5.32 Å². The van der Waals surface area contributed by atoms with Gasteiger partial charge in [-0.05, 0) is 36.9 Å². The molecule has 0 spiro atoms.